The molecule has 3 amide bonds. The number of fused-ring (bicyclic) bond motifs is 5. The minimum absolute atomic E-state index is 0.239. The second-order valence-corrected chi connectivity index (χ2v) is 10.9. The third-order valence-corrected chi connectivity index (χ3v) is 8.71. The van der Waals surface area contributed by atoms with Crippen LogP contribution >= 0.6 is 0 Å². The Balaban J connectivity index is 1.33. The van der Waals surface area contributed by atoms with E-state index in [2.05, 4.69) is 15.6 Å². The van der Waals surface area contributed by atoms with Gasteiger partial charge >= 0.3 is 5.97 Å². The molecule has 4 atom stereocenters. The zero-order valence-electron chi connectivity index (χ0n) is 22.6. The van der Waals surface area contributed by atoms with Gasteiger partial charge in [0.05, 0.1) is 29.7 Å². The van der Waals surface area contributed by atoms with E-state index in [1.165, 1.54) is 4.90 Å². The molecule has 2 fully saturated rings. The number of H-pyrrole nitrogens is 1. The number of anilines is 2. The molecular formula is C32H28N4O5. The number of nitrogens with zero attached hydrogens (tertiary/aromatic N) is 1. The SMILES string of the molecule is CCOC(=O)c1ccc(N2C(=O)[C@H]3[C@@H](C2=O)[C@@]2(N[C@@H]3Cc3c[nH]c4ccccc34)C(=O)Nc3c(C)cccc32)cc1. The van der Waals surface area contributed by atoms with Crippen molar-refractivity contribution in [1.82, 2.24) is 10.3 Å². The van der Waals surface area contributed by atoms with Gasteiger partial charge in [0.2, 0.25) is 17.7 Å². The molecule has 9 heteroatoms. The molecule has 0 bridgehead atoms. The van der Waals surface area contributed by atoms with E-state index in [-0.39, 0.29) is 18.4 Å². The standard InChI is InChI=1S/C32H28N4O5/c1-3-41-30(39)18-11-13-20(14-12-18)36-28(37)25-24(15-19-16-33-23-10-5-4-8-21(19)23)35-32(26(25)29(36)38)22-9-6-7-17(2)27(22)34-31(32)40/h4-14,16,24-26,33,35H,3,15H2,1-2H3,(H,34,40)/t24-,25-,26+,32-/m1/s1. The molecular weight excluding hydrogens is 520 g/mol. The zero-order valence-corrected chi connectivity index (χ0v) is 22.6. The number of ether oxygens (including phenoxy) is 1. The quantitative estimate of drug-likeness (QED) is 0.258. The number of hydrogen-bond donors (Lipinski definition) is 3. The number of carbonyl (C=O) groups excluding carboxylic acids is 4. The Morgan fingerprint density at radius 3 is 2.54 bits per heavy atom. The van der Waals surface area contributed by atoms with Gasteiger partial charge < -0.3 is 15.0 Å². The smallest absolute Gasteiger partial charge is 0.338 e. The maximum Gasteiger partial charge on any atom is 0.338 e. The Labute approximate surface area is 235 Å². The minimum Gasteiger partial charge on any atom is -0.462 e. The summed E-state index contributed by atoms with van der Waals surface area (Å²) in [5.41, 5.74) is 3.49. The Kier molecular flexibility index (Phi) is 5.62. The van der Waals surface area contributed by atoms with Gasteiger partial charge in [-0.05, 0) is 61.7 Å². The number of aromatic nitrogens is 1. The Morgan fingerprint density at radius 1 is 0.976 bits per heavy atom. The largest absolute Gasteiger partial charge is 0.462 e. The molecule has 0 unspecified atom stereocenters. The lowest BCUT2D eigenvalue weighted by Gasteiger charge is -2.29. The summed E-state index contributed by atoms with van der Waals surface area (Å²) in [5.74, 6) is -3.35. The second-order valence-electron chi connectivity index (χ2n) is 10.9. The first kappa shape index (κ1) is 25.2. The minimum atomic E-state index is -1.39. The Bertz CT molecular complexity index is 1760. The average molecular weight is 549 g/mol. The maximum atomic E-state index is 14.3. The van der Waals surface area contributed by atoms with Gasteiger partial charge in [-0.1, -0.05) is 36.4 Å². The van der Waals surface area contributed by atoms with Gasteiger partial charge in [-0.25, -0.2) is 9.69 Å². The van der Waals surface area contributed by atoms with Gasteiger partial charge in [-0.2, -0.15) is 0 Å². The van der Waals surface area contributed by atoms with Crippen molar-refractivity contribution >= 4 is 46.0 Å². The number of amides is 3. The van der Waals surface area contributed by atoms with Crippen molar-refractivity contribution in [2.24, 2.45) is 11.8 Å². The van der Waals surface area contributed by atoms with Gasteiger partial charge in [0.15, 0.2) is 0 Å². The van der Waals surface area contributed by atoms with E-state index in [1.54, 1.807) is 31.2 Å². The first-order valence-electron chi connectivity index (χ1n) is 13.7. The van der Waals surface area contributed by atoms with Crippen molar-refractivity contribution < 1.29 is 23.9 Å². The summed E-state index contributed by atoms with van der Waals surface area (Å²) >= 11 is 0. The van der Waals surface area contributed by atoms with Gasteiger partial charge in [0.25, 0.3) is 0 Å². The molecule has 3 N–H and O–H groups in total. The van der Waals surface area contributed by atoms with Crippen LogP contribution in [0, 0.1) is 18.8 Å². The number of esters is 1. The highest BCUT2D eigenvalue weighted by molar-refractivity contribution is 6.26. The van der Waals surface area contributed by atoms with Crippen LogP contribution in [0.5, 0.6) is 0 Å². The molecule has 3 aliphatic heterocycles. The summed E-state index contributed by atoms with van der Waals surface area (Å²) in [5, 5.41) is 7.55. The third kappa shape index (κ3) is 3.52. The number of aryl methyl sites for hydroxylation is 1. The summed E-state index contributed by atoms with van der Waals surface area (Å²) in [6.45, 7) is 3.87. The van der Waals surface area contributed by atoms with Crippen LogP contribution in [0.1, 0.15) is 34.0 Å². The molecule has 1 spiro atoms. The fourth-order valence-electron chi connectivity index (χ4n) is 6.90. The Hall–Kier alpha value is -4.76. The van der Waals surface area contributed by atoms with E-state index < -0.39 is 35.3 Å². The predicted octanol–water partition coefficient (Wildman–Crippen LogP) is 3.82. The number of rotatable bonds is 5. The molecule has 41 heavy (non-hydrogen) atoms. The lowest BCUT2D eigenvalue weighted by Crippen LogP contribution is -2.53. The average Bonchev–Trinajstić information content (AvgIpc) is 3.68. The van der Waals surface area contributed by atoms with Crippen LogP contribution in [-0.4, -0.2) is 41.3 Å². The van der Waals surface area contributed by atoms with Crippen molar-refractivity contribution in [3.05, 3.63) is 95.2 Å². The van der Waals surface area contributed by atoms with Gasteiger partial charge in [-0.15, -0.1) is 0 Å². The van der Waals surface area contributed by atoms with Crippen LogP contribution in [0.15, 0.2) is 72.9 Å². The van der Waals surface area contributed by atoms with E-state index in [9.17, 15) is 19.2 Å². The summed E-state index contributed by atoms with van der Waals surface area (Å²) in [6, 6.07) is 19.3. The van der Waals surface area contributed by atoms with Gasteiger partial charge in [0.1, 0.15) is 5.54 Å². The van der Waals surface area contributed by atoms with E-state index in [4.69, 9.17) is 4.74 Å². The summed E-state index contributed by atoms with van der Waals surface area (Å²) in [4.78, 5) is 59.0. The summed E-state index contributed by atoms with van der Waals surface area (Å²) in [7, 11) is 0. The zero-order chi connectivity index (χ0) is 28.5. The number of hydrogen-bond acceptors (Lipinski definition) is 6. The van der Waals surface area contributed by atoms with Gasteiger partial charge in [-0.3, -0.25) is 19.7 Å². The fraction of sp³-hybridized carbons (Fsp3) is 0.250. The summed E-state index contributed by atoms with van der Waals surface area (Å²) in [6.07, 6.45) is 2.36. The molecule has 0 saturated carbocycles. The molecule has 4 heterocycles. The molecule has 4 aromatic rings. The van der Waals surface area contributed by atoms with Crippen LogP contribution in [0.2, 0.25) is 0 Å². The molecule has 206 valence electrons. The van der Waals surface area contributed by atoms with E-state index in [1.807, 2.05) is 55.6 Å². The lowest BCUT2D eigenvalue weighted by atomic mass is 9.76. The number of carbonyl (C=O) groups is 4. The van der Waals surface area contributed by atoms with Crippen LogP contribution in [0.3, 0.4) is 0 Å². The third-order valence-electron chi connectivity index (χ3n) is 8.71. The summed E-state index contributed by atoms with van der Waals surface area (Å²) < 4.78 is 5.07. The monoisotopic (exact) mass is 548 g/mol. The molecule has 3 aromatic carbocycles. The van der Waals surface area contributed by atoms with Crippen molar-refractivity contribution in [2.75, 3.05) is 16.8 Å². The van der Waals surface area contributed by atoms with Gasteiger partial charge in [0, 0.05) is 34.4 Å². The first-order chi connectivity index (χ1) is 19.8. The maximum absolute atomic E-state index is 14.3. The fourth-order valence-corrected chi connectivity index (χ4v) is 6.90. The van der Waals surface area contributed by atoms with Crippen LogP contribution in [0.4, 0.5) is 11.4 Å². The molecule has 0 aliphatic carbocycles. The highest BCUT2D eigenvalue weighted by atomic mass is 16.5. The molecule has 9 nitrogen and oxygen atoms in total. The number of imide groups is 1. The van der Waals surface area contributed by atoms with Crippen LogP contribution in [0.25, 0.3) is 10.9 Å². The molecule has 1 aromatic heterocycles. The number of nitrogens with one attached hydrogen (secondary N) is 3. The topological polar surface area (TPSA) is 121 Å². The highest BCUT2D eigenvalue weighted by Gasteiger charge is 2.70. The van der Waals surface area contributed by atoms with Crippen molar-refractivity contribution in [3.63, 3.8) is 0 Å². The molecule has 3 aliphatic rings. The molecule has 7 rings (SSSR count). The van der Waals surface area contributed by atoms with Crippen molar-refractivity contribution in [2.45, 2.75) is 31.8 Å². The van der Waals surface area contributed by atoms with E-state index in [0.717, 1.165) is 22.0 Å². The Morgan fingerprint density at radius 2 is 1.76 bits per heavy atom. The first-order valence-corrected chi connectivity index (χ1v) is 13.7. The molecule has 2 saturated heterocycles. The van der Waals surface area contributed by atoms with Crippen molar-refractivity contribution in [3.8, 4) is 0 Å². The normalized spacial score (nSPS) is 24.7. The highest BCUT2D eigenvalue weighted by Crippen LogP contribution is 2.54. The van der Waals surface area contributed by atoms with E-state index >= 15 is 0 Å². The number of aromatic amines is 1. The second kappa shape index (κ2) is 9.14. The van der Waals surface area contributed by atoms with E-state index in [0.29, 0.717) is 28.9 Å². The van der Waals surface area contributed by atoms with Crippen LogP contribution < -0.4 is 15.5 Å². The van der Waals surface area contributed by atoms with Crippen LogP contribution in [-0.2, 0) is 31.1 Å². The number of para-hydroxylation sites is 2. The van der Waals surface area contributed by atoms with Crippen molar-refractivity contribution in [1.29, 1.82) is 0 Å². The predicted molar refractivity (Wildman–Crippen MR) is 152 cm³/mol. The lowest BCUT2D eigenvalue weighted by molar-refractivity contribution is -0.130. The number of benzene rings is 3. The molecule has 0 radical (unpaired) electrons.